The number of rotatable bonds is 3. The van der Waals surface area contributed by atoms with Crippen molar-refractivity contribution in [3.8, 4) is 0 Å². The molecule has 0 unspecified atom stereocenters. The molecular formula is C12H14. The van der Waals surface area contributed by atoms with Crippen LogP contribution in [-0.4, -0.2) is 0 Å². The van der Waals surface area contributed by atoms with Crippen molar-refractivity contribution in [1.29, 1.82) is 0 Å². The van der Waals surface area contributed by atoms with Crippen molar-refractivity contribution < 1.29 is 0 Å². The monoisotopic (exact) mass is 158 g/mol. The Hall–Kier alpha value is -1.30. The summed E-state index contributed by atoms with van der Waals surface area (Å²) in [7, 11) is 0. The zero-order valence-corrected chi connectivity index (χ0v) is 7.46. The van der Waals surface area contributed by atoms with Crippen LogP contribution in [-0.2, 0) is 0 Å². The van der Waals surface area contributed by atoms with Crippen LogP contribution in [0.3, 0.4) is 0 Å². The summed E-state index contributed by atoms with van der Waals surface area (Å²) in [6.45, 7) is 5.90. The van der Waals surface area contributed by atoms with Crippen LogP contribution in [0.25, 0.3) is 12.2 Å². The van der Waals surface area contributed by atoms with Gasteiger partial charge in [0.05, 0.1) is 0 Å². The lowest BCUT2D eigenvalue weighted by Crippen LogP contribution is -1.77. The maximum absolute atomic E-state index is 3.77. The molecule has 1 aromatic rings. The maximum atomic E-state index is 3.77. The van der Waals surface area contributed by atoms with Gasteiger partial charge < -0.3 is 0 Å². The highest BCUT2D eigenvalue weighted by Crippen LogP contribution is 2.11. The molecule has 1 aromatic carbocycles. The third kappa shape index (κ3) is 2.09. The highest BCUT2D eigenvalue weighted by atomic mass is 14.0. The summed E-state index contributed by atoms with van der Waals surface area (Å²) in [5, 5.41) is 0. The minimum Gasteiger partial charge on any atom is -0.0984 e. The second kappa shape index (κ2) is 4.55. The minimum atomic E-state index is 1.07. The third-order valence-electron chi connectivity index (χ3n) is 1.75. The average molecular weight is 158 g/mol. The van der Waals surface area contributed by atoms with Gasteiger partial charge >= 0.3 is 0 Å². The average Bonchev–Trinajstić information content (AvgIpc) is 2.15. The van der Waals surface area contributed by atoms with Gasteiger partial charge in [-0.2, -0.15) is 0 Å². The molecule has 0 aliphatic carbocycles. The Bertz CT molecular complexity index is 282. The molecule has 0 radical (unpaired) electrons. The predicted molar refractivity (Wildman–Crippen MR) is 55.9 cm³/mol. The van der Waals surface area contributed by atoms with Gasteiger partial charge in [-0.25, -0.2) is 0 Å². The summed E-state index contributed by atoms with van der Waals surface area (Å²) >= 11 is 0. The van der Waals surface area contributed by atoms with Crippen molar-refractivity contribution in [3.63, 3.8) is 0 Å². The van der Waals surface area contributed by atoms with E-state index in [1.54, 1.807) is 0 Å². The van der Waals surface area contributed by atoms with Crippen LogP contribution in [0.5, 0.6) is 0 Å². The summed E-state index contributed by atoms with van der Waals surface area (Å²) in [6.07, 6.45) is 7.25. The van der Waals surface area contributed by atoms with Crippen LogP contribution in [0.2, 0.25) is 0 Å². The van der Waals surface area contributed by atoms with Gasteiger partial charge in [-0.15, -0.1) is 0 Å². The molecule has 0 saturated carbocycles. The molecule has 1 rings (SSSR count). The number of allylic oxidation sites excluding steroid dienone is 1. The quantitative estimate of drug-likeness (QED) is 0.628. The normalized spacial score (nSPS) is 10.4. The fourth-order valence-corrected chi connectivity index (χ4v) is 1.09. The molecule has 0 fully saturated rings. The summed E-state index contributed by atoms with van der Waals surface area (Å²) in [4.78, 5) is 0. The molecule has 0 amide bonds. The van der Waals surface area contributed by atoms with E-state index in [4.69, 9.17) is 0 Å². The van der Waals surface area contributed by atoms with E-state index < -0.39 is 0 Å². The van der Waals surface area contributed by atoms with Crippen molar-refractivity contribution in [2.45, 2.75) is 13.3 Å². The van der Waals surface area contributed by atoms with Gasteiger partial charge in [-0.05, 0) is 17.5 Å². The zero-order valence-electron chi connectivity index (χ0n) is 7.46. The summed E-state index contributed by atoms with van der Waals surface area (Å²) in [5.41, 5.74) is 2.44. The highest BCUT2D eigenvalue weighted by Gasteiger charge is 1.90. The molecule has 0 N–H and O–H groups in total. The Morgan fingerprint density at radius 2 is 1.92 bits per heavy atom. The molecule has 12 heavy (non-hydrogen) atoms. The smallest absolute Gasteiger partial charge is 0.0187 e. The molecule has 0 saturated heterocycles. The topological polar surface area (TPSA) is 0 Å². The molecule has 0 spiro atoms. The molecule has 0 bridgehead atoms. The molecule has 0 heterocycles. The van der Waals surface area contributed by atoms with Gasteiger partial charge in [-0.3, -0.25) is 0 Å². The van der Waals surface area contributed by atoms with E-state index in [-0.39, 0.29) is 0 Å². The first kappa shape index (κ1) is 8.79. The lowest BCUT2D eigenvalue weighted by Gasteiger charge is -1.98. The van der Waals surface area contributed by atoms with E-state index in [9.17, 15) is 0 Å². The number of hydrogen-bond donors (Lipinski definition) is 0. The lowest BCUT2D eigenvalue weighted by atomic mass is 10.1. The molecular weight excluding hydrogens is 144 g/mol. The second-order valence-electron chi connectivity index (χ2n) is 2.64. The predicted octanol–water partition coefficient (Wildman–Crippen LogP) is 3.75. The molecule has 0 atom stereocenters. The fourth-order valence-electron chi connectivity index (χ4n) is 1.09. The first-order valence-corrected chi connectivity index (χ1v) is 4.26. The van der Waals surface area contributed by atoms with Crippen LogP contribution in [0.1, 0.15) is 24.5 Å². The summed E-state index contributed by atoms with van der Waals surface area (Å²) < 4.78 is 0. The van der Waals surface area contributed by atoms with Gasteiger partial charge in [0.1, 0.15) is 0 Å². The molecule has 62 valence electrons. The van der Waals surface area contributed by atoms with Gasteiger partial charge in [0, 0.05) is 0 Å². The van der Waals surface area contributed by atoms with Crippen LogP contribution in [0.4, 0.5) is 0 Å². The van der Waals surface area contributed by atoms with E-state index in [0.717, 1.165) is 6.42 Å². The van der Waals surface area contributed by atoms with Gasteiger partial charge in [0.25, 0.3) is 0 Å². The van der Waals surface area contributed by atoms with Crippen molar-refractivity contribution in [3.05, 3.63) is 48.0 Å². The van der Waals surface area contributed by atoms with Gasteiger partial charge in [0.2, 0.25) is 0 Å². The molecule has 0 heteroatoms. The van der Waals surface area contributed by atoms with E-state index in [2.05, 4.69) is 37.8 Å². The molecule has 0 nitrogen and oxygen atoms in total. The zero-order chi connectivity index (χ0) is 8.81. The summed E-state index contributed by atoms with van der Waals surface area (Å²) in [6, 6.07) is 8.24. The Labute approximate surface area is 74.2 Å². The standard InChI is InChI=1S/C12H14/c1-3-5-8-12-10-7-6-9-11(12)4-2/h4-10H,2-3H2,1H3/b8-5-. The van der Waals surface area contributed by atoms with Crippen molar-refractivity contribution in [2.75, 3.05) is 0 Å². The molecule has 0 aliphatic rings. The Balaban J connectivity index is 2.96. The van der Waals surface area contributed by atoms with Crippen molar-refractivity contribution in [2.24, 2.45) is 0 Å². The number of benzene rings is 1. The second-order valence-corrected chi connectivity index (χ2v) is 2.64. The third-order valence-corrected chi connectivity index (χ3v) is 1.75. The lowest BCUT2D eigenvalue weighted by molar-refractivity contribution is 1.23. The maximum Gasteiger partial charge on any atom is -0.0187 e. The van der Waals surface area contributed by atoms with Gasteiger partial charge in [-0.1, -0.05) is 56.0 Å². The van der Waals surface area contributed by atoms with E-state index in [1.165, 1.54) is 11.1 Å². The van der Waals surface area contributed by atoms with Crippen molar-refractivity contribution in [1.82, 2.24) is 0 Å². The van der Waals surface area contributed by atoms with Crippen LogP contribution < -0.4 is 0 Å². The van der Waals surface area contributed by atoms with Crippen molar-refractivity contribution >= 4 is 12.2 Å². The first-order chi connectivity index (χ1) is 5.88. The molecule has 0 aliphatic heterocycles. The minimum absolute atomic E-state index is 1.07. The molecule has 0 aromatic heterocycles. The Morgan fingerprint density at radius 1 is 1.25 bits per heavy atom. The van der Waals surface area contributed by atoms with Crippen LogP contribution in [0, 0.1) is 0 Å². The van der Waals surface area contributed by atoms with E-state index in [1.807, 2.05) is 18.2 Å². The Kier molecular flexibility index (Phi) is 3.34. The van der Waals surface area contributed by atoms with Crippen LogP contribution >= 0.6 is 0 Å². The highest BCUT2D eigenvalue weighted by molar-refractivity contribution is 5.64. The van der Waals surface area contributed by atoms with Gasteiger partial charge in [0.15, 0.2) is 0 Å². The van der Waals surface area contributed by atoms with E-state index >= 15 is 0 Å². The van der Waals surface area contributed by atoms with Crippen LogP contribution in [0.15, 0.2) is 36.9 Å². The Morgan fingerprint density at radius 3 is 2.50 bits per heavy atom. The SMILES string of the molecule is C=Cc1ccccc1/C=C\CC. The largest absolute Gasteiger partial charge is 0.0984 e. The summed E-state index contributed by atoms with van der Waals surface area (Å²) in [5.74, 6) is 0. The van der Waals surface area contributed by atoms with E-state index in [0.29, 0.717) is 0 Å². The fraction of sp³-hybridized carbons (Fsp3) is 0.167. The number of hydrogen-bond acceptors (Lipinski definition) is 0. The first-order valence-electron chi connectivity index (χ1n) is 4.26.